The summed E-state index contributed by atoms with van der Waals surface area (Å²) in [6, 6.07) is 3.63. The zero-order chi connectivity index (χ0) is 8.43. The Labute approximate surface area is 79.5 Å². The van der Waals surface area contributed by atoms with Crippen molar-refractivity contribution in [2.75, 3.05) is 0 Å². The molecule has 4 nitrogen and oxygen atoms in total. The standard InChI is InChI=1S/C5Br2N4/c6-5-10-3(1-8)4(2-9)11(5)7. The molecule has 1 heterocycles. The summed E-state index contributed by atoms with van der Waals surface area (Å²) in [6.45, 7) is 0. The van der Waals surface area contributed by atoms with E-state index in [1.807, 2.05) is 6.07 Å². The zero-order valence-electron chi connectivity index (χ0n) is 5.04. The molecule has 0 bridgehead atoms. The van der Waals surface area contributed by atoms with Crippen molar-refractivity contribution < 1.29 is 0 Å². The highest BCUT2D eigenvalue weighted by atomic mass is 79.9. The Kier molecular flexibility index (Phi) is 2.28. The molecule has 0 atom stereocenters. The molecule has 0 fully saturated rings. The van der Waals surface area contributed by atoms with Gasteiger partial charge in [0.05, 0.1) is 16.1 Å². The van der Waals surface area contributed by atoms with Crippen LogP contribution in [0.25, 0.3) is 0 Å². The van der Waals surface area contributed by atoms with E-state index >= 15 is 0 Å². The van der Waals surface area contributed by atoms with E-state index in [0.29, 0.717) is 4.73 Å². The summed E-state index contributed by atoms with van der Waals surface area (Å²) in [5.41, 5.74) is 0.302. The summed E-state index contributed by atoms with van der Waals surface area (Å²) in [5, 5.41) is 17.0. The van der Waals surface area contributed by atoms with Crippen LogP contribution in [0, 0.1) is 22.7 Å². The molecule has 0 spiro atoms. The molecule has 0 N–H and O–H groups in total. The number of nitriles is 2. The van der Waals surface area contributed by atoms with Crippen molar-refractivity contribution in [1.82, 2.24) is 8.58 Å². The molecule has 1 aromatic rings. The van der Waals surface area contributed by atoms with Crippen LogP contribution in [0.2, 0.25) is 0 Å². The van der Waals surface area contributed by atoms with Crippen LogP contribution in [0.3, 0.4) is 0 Å². The molecule has 0 aromatic carbocycles. The average Bonchev–Trinajstić information content (AvgIpc) is 2.28. The van der Waals surface area contributed by atoms with Gasteiger partial charge in [0.1, 0.15) is 12.1 Å². The van der Waals surface area contributed by atoms with Gasteiger partial charge >= 0.3 is 0 Å². The molecule has 1 aromatic heterocycles. The van der Waals surface area contributed by atoms with Crippen LogP contribution in [-0.4, -0.2) is 8.58 Å². The molecule has 0 aliphatic rings. The lowest BCUT2D eigenvalue weighted by Gasteiger charge is -1.86. The van der Waals surface area contributed by atoms with Crippen LogP contribution in [-0.2, 0) is 0 Å². The first-order valence-corrected chi connectivity index (χ1v) is 3.95. The number of hydrogen-bond donors (Lipinski definition) is 0. The van der Waals surface area contributed by atoms with E-state index in [1.165, 1.54) is 3.59 Å². The fourth-order valence-electron chi connectivity index (χ4n) is 0.549. The van der Waals surface area contributed by atoms with Crippen LogP contribution in [0.5, 0.6) is 0 Å². The van der Waals surface area contributed by atoms with Crippen molar-refractivity contribution in [1.29, 1.82) is 10.5 Å². The molecular weight excluding hydrogens is 276 g/mol. The summed E-state index contributed by atoms with van der Waals surface area (Å²) < 4.78 is 1.73. The lowest BCUT2D eigenvalue weighted by molar-refractivity contribution is 1.17. The first-order chi connectivity index (χ1) is 5.20. The van der Waals surface area contributed by atoms with Crippen molar-refractivity contribution in [2.45, 2.75) is 0 Å². The van der Waals surface area contributed by atoms with Crippen molar-refractivity contribution in [3.05, 3.63) is 16.1 Å². The molecular formula is C5Br2N4. The van der Waals surface area contributed by atoms with E-state index in [-0.39, 0.29) is 11.4 Å². The first-order valence-electron chi connectivity index (χ1n) is 2.45. The minimum atomic E-state index is 0.108. The van der Waals surface area contributed by atoms with Gasteiger partial charge in [-0.05, 0) is 15.9 Å². The van der Waals surface area contributed by atoms with Gasteiger partial charge in [0, 0.05) is 0 Å². The quantitative estimate of drug-likeness (QED) is 0.722. The molecule has 0 amide bonds. The Morgan fingerprint density at radius 3 is 2.36 bits per heavy atom. The molecule has 1 rings (SSSR count). The van der Waals surface area contributed by atoms with Crippen molar-refractivity contribution in [2.24, 2.45) is 0 Å². The Morgan fingerprint density at radius 1 is 1.36 bits per heavy atom. The predicted octanol–water partition coefficient (Wildman–Crippen LogP) is 1.55. The molecule has 0 saturated heterocycles. The first kappa shape index (κ1) is 8.25. The lowest BCUT2D eigenvalue weighted by Crippen LogP contribution is -1.84. The van der Waals surface area contributed by atoms with Crippen LogP contribution in [0.15, 0.2) is 4.73 Å². The summed E-state index contributed by atoms with van der Waals surface area (Å²) in [4.78, 5) is 3.75. The second kappa shape index (κ2) is 3.04. The maximum atomic E-state index is 8.53. The highest BCUT2D eigenvalue weighted by Crippen LogP contribution is 2.17. The molecule has 0 unspecified atom stereocenters. The molecule has 0 radical (unpaired) electrons. The van der Waals surface area contributed by atoms with E-state index < -0.39 is 0 Å². The van der Waals surface area contributed by atoms with Gasteiger partial charge in [-0.3, -0.25) is 0 Å². The minimum Gasteiger partial charge on any atom is -0.242 e. The maximum Gasteiger partial charge on any atom is 0.189 e. The topological polar surface area (TPSA) is 65.4 Å². The van der Waals surface area contributed by atoms with Gasteiger partial charge in [-0.2, -0.15) is 10.5 Å². The third-order valence-electron chi connectivity index (χ3n) is 0.998. The average molecular weight is 276 g/mol. The van der Waals surface area contributed by atoms with Crippen LogP contribution in [0.1, 0.15) is 11.4 Å². The van der Waals surface area contributed by atoms with Gasteiger partial charge in [-0.25, -0.2) is 8.58 Å². The van der Waals surface area contributed by atoms with Gasteiger partial charge in [0.15, 0.2) is 16.1 Å². The van der Waals surface area contributed by atoms with Crippen LogP contribution >= 0.6 is 32.1 Å². The van der Waals surface area contributed by atoms with E-state index in [4.69, 9.17) is 10.5 Å². The Morgan fingerprint density at radius 2 is 2.00 bits per heavy atom. The zero-order valence-corrected chi connectivity index (χ0v) is 8.22. The van der Waals surface area contributed by atoms with Crippen LogP contribution < -0.4 is 0 Å². The van der Waals surface area contributed by atoms with E-state index in [0.717, 1.165) is 0 Å². The molecule has 0 aliphatic heterocycles. The monoisotopic (exact) mass is 274 g/mol. The van der Waals surface area contributed by atoms with Gasteiger partial charge in [0.2, 0.25) is 0 Å². The summed E-state index contributed by atoms with van der Waals surface area (Å²) in [5.74, 6) is 0. The normalized spacial score (nSPS) is 8.73. The Balaban J connectivity index is 3.45. The predicted molar refractivity (Wildman–Crippen MR) is 43.7 cm³/mol. The molecule has 11 heavy (non-hydrogen) atoms. The largest absolute Gasteiger partial charge is 0.242 e. The summed E-state index contributed by atoms with van der Waals surface area (Å²) in [7, 11) is 0. The minimum absolute atomic E-state index is 0.108. The fourth-order valence-corrected chi connectivity index (χ4v) is 1.23. The molecule has 0 aliphatic carbocycles. The number of aromatic nitrogens is 2. The van der Waals surface area contributed by atoms with Crippen molar-refractivity contribution in [3.63, 3.8) is 0 Å². The highest BCUT2D eigenvalue weighted by Gasteiger charge is 2.12. The van der Waals surface area contributed by atoms with Gasteiger partial charge in [-0.1, -0.05) is 0 Å². The lowest BCUT2D eigenvalue weighted by atomic mass is 10.4. The Hall–Kier alpha value is -0.850. The Bertz CT molecular complexity index is 367. The van der Waals surface area contributed by atoms with E-state index in [2.05, 4.69) is 37.1 Å². The third kappa shape index (κ3) is 1.28. The highest BCUT2D eigenvalue weighted by molar-refractivity contribution is 9.11. The maximum absolute atomic E-state index is 8.53. The molecule has 6 heteroatoms. The van der Waals surface area contributed by atoms with Crippen LogP contribution in [0.4, 0.5) is 0 Å². The van der Waals surface area contributed by atoms with Gasteiger partial charge in [0.25, 0.3) is 0 Å². The van der Waals surface area contributed by atoms with Gasteiger partial charge < -0.3 is 0 Å². The van der Waals surface area contributed by atoms with Crippen molar-refractivity contribution in [3.8, 4) is 12.1 Å². The molecule has 54 valence electrons. The SMILES string of the molecule is N#Cc1nc(Br)n(Br)c1C#N. The number of hydrogen-bond acceptors (Lipinski definition) is 3. The summed E-state index contributed by atoms with van der Waals surface area (Å²) >= 11 is 6.09. The van der Waals surface area contributed by atoms with E-state index in [9.17, 15) is 0 Å². The molecule has 0 saturated carbocycles. The third-order valence-corrected chi connectivity index (χ3v) is 2.70. The number of rotatable bonds is 0. The van der Waals surface area contributed by atoms with Gasteiger partial charge in [-0.15, -0.1) is 0 Å². The smallest absolute Gasteiger partial charge is 0.189 e. The fraction of sp³-hybridized carbons (Fsp3) is 0. The number of imidazole rings is 1. The van der Waals surface area contributed by atoms with E-state index in [1.54, 1.807) is 6.07 Å². The number of halogens is 2. The van der Waals surface area contributed by atoms with Crippen molar-refractivity contribution >= 4 is 32.1 Å². The second-order valence-corrected chi connectivity index (χ2v) is 3.00. The second-order valence-electron chi connectivity index (χ2n) is 1.58. The summed E-state index contributed by atoms with van der Waals surface area (Å²) in [6.07, 6.45) is 0. The number of nitrogens with zero attached hydrogens (tertiary/aromatic N) is 4.